The van der Waals surface area contributed by atoms with Gasteiger partial charge in [-0.3, -0.25) is 9.59 Å². The van der Waals surface area contributed by atoms with Crippen LogP contribution in [0.4, 0.5) is 0 Å². The van der Waals surface area contributed by atoms with E-state index in [0.29, 0.717) is 44.0 Å². The summed E-state index contributed by atoms with van der Waals surface area (Å²) in [6, 6.07) is 26.8. The third-order valence-electron chi connectivity index (χ3n) is 6.77. The number of rotatable bonds is 9. The number of benzene rings is 3. The first-order valence-electron chi connectivity index (χ1n) is 12.4. The summed E-state index contributed by atoms with van der Waals surface area (Å²) in [6.45, 7) is 2.02. The maximum atomic E-state index is 13.4. The lowest BCUT2D eigenvalue weighted by molar-refractivity contribution is -0.134. The SMILES string of the molecule is COc1cccc(C(=O)N2CCC[C@@](COc3ccccc3)(CC(=O)N(C)Cc3ccccc3)C2)c1. The summed E-state index contributed by atoms with van der Waals surface area (Å²) >= 11 is 0. The van der Waals surface area contributed by atoms with Crippen LogP contribution in [0.3, 0.4) is 0 Å². The maximum Gasteiger partial charge on any atom is 0.254 e. The second-order valence-corrected chi connectivity index (χ2v) is 9.58. The van der Waals surface area contributed by atoms with Gasteiger partial charge in [0.15, 0.2) is 0 Å². The van der Waals surface area contributed by atoms with E-state index >= 15 is 0 Å². The quantitative estimate of drug-likeness (QED) is 0.425. The molecule has 0 N–H and O–H groups in total. The van der Waals surface area contributed by atoms with E-state index in [0.717, 1.165) is 24.2 Å². The molecule has 0 aliphatic carbocycles. The number of hydrogen-bond donors (Lipinski definition) is 0. The molecule has 3 aromatic rings. The zero-order valence-electron chi connectivity index (χ0n) is 21.1. The first-order valence-corrected chi connectivity index (χ1v) is 12.4. The molecule has 0 radical (unpaired) electrons. The van der Waals surface area contributed by atoms with Crippen molar-refractivity contribution >= 4 is 11.8 Å². The van der Waals surface area contributed by atoms with Gasteiger partial charge in [-0.25, -0.2) is 0 Å². The Hall–Kier alpha value is -3.80. The molecule has 1 aliphatic rings. The molecule has 1 saturated heterocycles. The number of carbonyl (C=O) groups is 2. The van der Waals surface area contributed by atoms with Gasteiger partial charge in [-0.15, -0.1) is 0 Å². The van der Waals surface area contributed by atoms with E-state index in [1.807, 2.05) is 84.7 Å². The number of ether oxygens (including phenoxy) is 2. The summed E-state index contributed by atoms with van der Waals surface area (Å²) in [4.78, 5) is 30.5. The Morgan fingerprint density at radius 1 is 0.944 bits per heavy atom. The molecule has 188 valence electrons. The van der Waals surface area contributed by atoms with Crippen LogP contribution < -0.4 is 9.47 Å². The van der Waals surface area contributed by atoms with Crippen LogP contribution in [0.15, 0.2) is 84.9 Å². The Bertz CT molecular complexity index is 1150. The summed E-state index contributed by atoms with van der Waals surface area (Å²) in [5, 5.41) is 0. The summed E-state index contributed by atoms with van der Waals surface area (Å²) in [7, 11) is 3.43. The van der Waals surface area contributed by atoms with Gasteiger partial charge in [0.25, 0.3) is 5.91 Å². The maximum absolute atomic E-state index is 13.4. The van der Waals surface area contributed by atoms with Gasteiger partial charge < -0.3 is 19.3 Å². The molecule has 0 unspecified atom stereocenters. The van der Waals surface area contributed by atoms with Crippen LogP contribution in [-0.2, 0) is 11.3 Å². The summed E-state index contributed by atoms with van der Waals surface area (Å²) in [6.07, 6.45) is 1.93. The lowest BCUT2D eigenvalue weighted by atomic mass is 9.77. The largest absolute Gasteiger partial charge is 0.497 e. The smallest absolute Gasteiger partial charge is 0.254 e. The number of hydrogen-bond acceptors (Lipinski definition) is 4. The summed E-state index contributed by atoms with van der Waals surface area (Å²) in [5.74, 6) is 1.40. The number of amides is 2. The van der Waals surface area contributed by atoms with Gasteiger partial charge in [0.05, 0.1) is 13.7 Å². The standard InChI is InChI=1S/C30H34N2O4/c1-31(21-24-11-5-3-6-12-24)28(33)20-30(23-36-26-14-7-4-8-15-26)17-10-18-32(22-30)29(34)25-13-9-16-27(19-25)35-2/h3-9,11-16,19H,10,17-18,20-23H2,1-2H3/t30-/m1/s1. The Morgan fingerprint density at radius 2 is 1.64 bits per heavy atom. The van der Waals surface area contributed by atoms with Gasteiger partial charge in [0.1, 0.15) is 11.5 Å². The Labute approximate surface area is 213 Å². The van der Waals surface area contributed by atoms with E-state index in [1.165, 1.54) is 0 Å². The third-order valence-corrected chi connectivity index (χ3v) is 6.77. The molecule has 1 heterocycles. The summed E-state index contributed by atoms with van der Waals surface area (Å²) in [5.41, 5.74) is 1.19. The Kier molecular flexibility index (Phi) is 8.26. The zero-order chi connectivity index (χ0) is 25.4. The molecule has 2 amide bonds. The number of carbonyl (C=O) groups excluding carboxylic acids is 2. The van der Waals surface area contributed by atoms with E-state index in [-0.39, 0.29) is 11.8 Å². The monoisotopic (exact) mass is 486 g/mol. The average molecular weight is 487 g/mol. The van der Waals surface area contributed by atoms with Crippen LogP contribution in [0.1, 0.15) is 35.2 Å². The van der Waals surface area contributed by atoms with E-state index in [1.54, 1.807) is 24.1 Å². The second kappa shape index (κ2) is 11.8. The van der Waals surface area contributed by atoms with Crippen LogP contribution in [0.2, 0.25) is 0 Å². The van der Waals surface area contributed by atoms with Crippen molar-refractivity contribution in [1.82, 2.24) is 9.80 Å². The highest BCUT2D eigenvalue weighted by Crippen LogP contribution is 2.36. The molecule has 1 atom stereocenters. The number of nitrogens with zero attached hydrogens (tertiary/aromatic N) is 2. The number of piperidine rings is 1. The fourth-order valence-corrected chi connectivity index (χ4v) is 4.79. The minimum Gasteiger partial charge on any atom is -0.497 e. The molecule has 1 aliphatic heterocycles. The fraction of sp³-hybridized carbons (Fsp3) is 0.333. The van der Waals surface area contributed by atoms with Gasteiger partial charge in [0, 0.05) is 44.1 Å². The molecule has 3 aromatic carbocycles. The van der Waals surface area contributed by atoms with Crippen LogP contribution >= 0.6 is 0 Å². The molecule has 0 aromatic heterocycles. The molecule has 1 fully saturated rings. The van der Waals surface area contributed by atoms with Crippen molar-refractivity contribution in [2.24, 2.45) is 5.41 Å². The van der Waals surface area contributed by atoms with Crippen molar-refractivity contribution in [3.63, 3.8) is 0 Å². The highest BCUT2D eigenvalue weighted by atomic mass is 16.5. The van der Waals surface area contributed by atoms with Crippen LogP contribution in [0.5, 0.6) is 11.5 Å². The second-order valence-electron chi connectivity index (χ2n) is 9.58. The highest BCUT2D eigenvalue weighted by Gasteiger charge is 2.40. The molecule has 36 heavy (non-hydrogen) atoms. The summed E-state index contributed by atoms with van der Waals surface area (Å²) < 4.78 is 11.5. The molecular weight excluding hydrogens is 452 g/mol. The molecule has 0 spiro atoms. The van der Waals surface area contributed by atoms with Gasteiger partial charge in [-0.1, -0.05) is 54.6 Å². The molecule has 0 bridgehead atoms. The highest BCUT2D eigenvalue weighted by molar-refractivity contribution is 5.94. The van der Waals surface area contributed by atoms with Crippen LogP contribution in [-0.4, -0.2) is 55.5 Å². The van der Waals surface area contributed by atoms with Gasteiger partial charge in [-0.2, -0.15) is 0 Å². The fourth-order valence-electron chi connectivity index (χ4n) is 4.79. The van der Waals surface area contributed by atoms with Crippen molar-refractivity contribution in [3.05, 3.63) is 96.1 Å². The number of likely N-dealkylation sites (tertiary alicyclic amines) is 1. The van der Waals surface area contributed by atoms with E-state index in [4.69, 9.17) is 9.47 Å². The van der Waals surface area contributed by atoms with E-state index < -0.39 is 5.41 Å². The van der Waals surface area contributed by atoms with E-state index in [2.05, 4.69) is 0 Å². The Balaban J connectivity index is 1.52. The van der Waals surface area contributed by atoms with Crippen LogP contribution in [0, 0.1) is 5.41 Å². The molecule has 6 heteroatoms. The first-order chi connectivity index (χ1) is 17.5. The lowest BCUT2D eigenvalue weighted by Gasteiger charge is -2.43. The van der Waals surface area contributed by atoms with Gasteiger partial charge in [0.2, 0.25) is 5.91 Å². The van der Waals surface area contributed by atoms with Crippen molar-refractivity contribution in [2.75, 3.05) is 33.9 Å². The molecule has 0 saturated carbocycles. The predicted octanol–water partition coefficient (Wildman–Crippen LogP) is 5.05. The number of para-hydroxylation sites is 1. The number of methoxy groups -OCH3 is 1. The average Bonchev–Trinajstić information content (AvgIpc) is 2.93. The van der Waals surface area contributed by atoms with Gasteiger partial charge in [-0.05, 0) is 48.7 Å². The predicted molar refractivity (Wildman–Crippen MR) is 140 cm³/mol. The van der Waals surface area contributed by atoms with Crippen molar-refractivity contribution < 1.29 is 19.1 Å². The van der Waals surface area contributed by atoms with Crippen molar-refractivity contribution in [2.45, 2.75) is 25.8 Å². The normalized spacial score (nSPS) is 17.3. The molecule has 6 nitrogen and oxygen atoms in total. The third kappa shape index (κ3) is 6.45. The van der Waals surface area contributed by atoms with Crippen molar-refractivity contribution in [3.8, 4) is 11.5 Å². The minimum atomic E-state index is -0.481. The molecule has 4 rings (SSSR count). The van der Waals surface area contributed by atoms with Crippen LogP contribution in [0.25, 0.3) is 0 Å². The van der Waals surface area contributed by atoms with Gasteiger partial charge >= 0.3 is 0 Å². The first kappa shape index (κ1) is 25.3. The zero-order valence-corrected chi connectivity index (χ0v) is 21.1. The molecular formula is C30H34N2O4. The Morgan fingerprint density at radius 3 is 2.36 bits per heavy atom. The topological polar surface area (TPSA) is 59.1 Å². The van der Waals surface area contributed by atoms with Crippen molar-refractivity contribution in [1.29, 1.82) is 0 Å². The minimum absolute atomic E-state index is 0.0474. The lowest BCUT2D eigenvalue weighted by Crippen LogP contribution is -2.50. The van der Waals surface area contributed by atoms with E-state index in [9.17, 15) is 9.59 Å².